The first-order valence-corrected chi connectivity index (χ1v) is 11.0. The van der Waals surface area contributed by atoms with Crippen molar-refractivity contribution in [3.63, 3.8) is 0 Å². The zero-order valence-electron chi connectivity index (χ0n) is 19.8. The summed E-state index contributed by atoms with van der Waals surface area (Å²) in [5, 5.41) is 5.37. The van der Waals surface area contributed by atoms with Crippen LogP contribution < -0.4 is 10.6 Å². The number of hydrogen-bond acceptors (Lipinski definition) is 7. The van der Waals surface area contributed by atoms with E-state index < -0.39 is 17.7 Å². The van der Waals surface area contributed by atoms with Gasteiger partial charge in [-0.2, -0.15) is 0 Å². The highest BCUT2D eigenvalue weighted by Gasteiger charge is 2.34. The second-order valence-electron chi connectivity index (χ2n) is 7.33. The Morgan fingerprint density at radius 3 is 1.91 bits per heavy atom. The van der Waals surface area contributed by atoms with Gasteiger partial charge in [0, 0.05) is 6.54 Å². The number of rotatable bonds is 17. The topological polar surface area (TPSA) is 104 Å². The number of ether oxygens (including phenoxy) is 5. The molecule has 35 heavy (non-hydrogen) atoms. The van der Waals surface area contributed by atoms with Crippen LogP contribution in [0.5, 0.6) is 0 Å². The Morgan fingerprint density at radius 1 is 0.800 bits per heavy atom. The maximum Gasteiger partial charge on any atom is 0.407 e. The number of carbonyl (C=O) groups is 2. The van der Waals surface area contributed by atoms with Crippen LogP contribution in [0.15, 0.2) is 30.3 Å². The molecular formula is C26H32N2O7. The molecule has 0 aliphatic heterocycles. The Balaban J connectivity index is 2.39. The maximum atomic E-state index is 12.4. The minimum absolute atomic E-state index is 0.00352. The SMILES string of the molecule is C#CCOCC(COCC#C)(COCC#C)NC(=O)OCCCCNC(=O)OCc1ccccc1. The van der Waals surface area contributed by atoms with E-state index in [1.54, 1.807) is 0 Å². The number of amides is 2. The van der Waals surface area contributed by atoms with Crippen molar-refractivity contribution >= 4 is 12.2 Å². The molecule has 9 heteroatoms. The summed E-state index contributed by atoms with van der Waals surface area (Å²) in [4.78, 5) is 24.1. The van der Waals surface area contributed by atoms with Crippen molar-refractivity contribution in [1.82, 2.24) is 10.6 Å². The standard InChI is InChI=1S/C26H32N2O7/c1-4-15-31-20-26(21-32-16-5-2,22-33-17-6-3)28-25(30)34-18-11-10-14-27-24(29)35-19-23-12-8-7-9-13-23/h1-3,7-9,12-13H,10-11,14-22H2,(H,27,29)(H,28,30). The lowest BCUT2D eigenvalue weighted by Gasteiger charge is -2.33. The van der Waals surface area contributed by atoms with Gasteiger partial charge in [-0.15, -0.1) is 19.3 Å². The van der Waals surface area contributed by atoms with Crippen molar-refractivity contribution < 1.29 is 33.3 Å². The first-order chi connectivity index (χ1) is 17.0. The molecule has 0 saturated carbocycles. The number of unbranched alkanes of at least 4 members (excludes halogenated alkanes) is 1. The summed E-state index contributed by atoms with van der Waals surface area (Å²) >= 11 is 0. The minimum Gasteiger partial charge on any atom is -0.450 e. The Labute approximate surface area is 207 Å². The third-order valence-electron chi connectivity index (χ3n) is 4.34. The summed E-state index contributed by atoms with van der Waals surface area (Å²) in [5.41, 5.74) is -0.205. The Kier molecular flexibility index (Phi) is 15.7. The average Bonchev–Trinajstić information content (AvgIpc) is 2.86. The summed E-state index contributed by atoms with van der Waals surface area (Å²) in [5.74, 6) is 7.06. The van der Waals surface area contributed by atoms with Gasteiger partial charge < -0.3 is 34.3 Å². The molecule has 0 bridgehead atoms. The van der Waals surface area contributed by atoms with Crippen LogP contribution in [-0.4, -0.2) is 70.5 Å². The van der Waals surface area contributed by atoms with Crippen molar-refractivity contribution in [2.45, 2.75) is 25.0 Å². The van der Waals surface area contributed by atoms with E-state index in [-0.39, 0.29) is 52.9 Å². The summed E-state index contributed by atoms with van der Waals surface area (Å²) in [6, 6.07) is 9.37. The van der Waals surface area contributed by atoms with Crippen molar-refractivity contribution in [3.05, 3.63) is 35.9 Å². The van der Waals surface area contributed by atoms with Crippen LogP contribution in [0, 0.1) is 37.0 Å². The number of terminal acetylenes is 3. The number of hydrogen-bond donors (Lipinski definition) is 2. The van der Waals surface area contributed by atoms with E-state index in [4.69, 9.17) is 43.0 Å². The predicted octanol–water partition coefficient (Wildman–Crippen LogP) is 2.11. The zero-order chi connectivity index (χ0) is 25.6. The molecule has 0 aliphatic carbocycles. The first-order valence-electron chi connectivity index (χ1n) is 11.0. The van der Waals surface area contributed by atoms with E-state index in [0.29, 0.717) is 19.4 Å². The predicted molar refractivity (Wildman–Crippen MR) is 130 cm³/mol. The number of alkyl carbamates (subject to hydrolysis) is 2. The molecule has 2 N–H and O–H groups in total. The largest absolute Gasteiger partial charge is 0.450 e. The van der Waals surface area contributed by atoms with E-state index in [1.807, 2.05) is 30.3 Å². The molecule has 0 fully saturated rings. The lowest BCUT2D eigenvalue weighted by molar-refractivity contribution is -0.0228. The quantitative estimate of drug-likeness (QED) is 0.258. The summed E-state index contributed by atoms with van der Waals surface area (Å²) < 4.78 is 26.6. The molecule has 0 aliphatic rings. The van der Waals surface area contributed by atoms with Crippen LogP contribution in [0.3, 0.4) is 0 Å². The molecule has 0 spiro atoms. The van der Waals surface area contributed by atoms with Crippen LogP contribution >= 0.6 is 0 Å². The van der Waals surface area contributed by atoms with Crippen LogP contribution in [0.2, 0.25) is 0 Å². The zero-order valence-corrected chi connectivity index (χ0v) is 19.8. The third kappa shape index (κ3) is 14.2. The minimum atomic E-state index is -1.11. The molecule has 0 heterocycles. The van der Waals surface area contributed by atoms with Crippen molar-refractivity contribution in [2.75, 3.05) is 52.8 Å². The highest BCUT2D eigenvalue weighted by atomic mass is 16.6. The molecule has 0 aromatic heterocycles. The molecule has 1 rings (SSSR count). The van der Waals surface area contributed by atoms with Crippen LogP contribution in [-0.2, 0) is 30.3 Å². The van der Waals surface area contributed by atoms with E-state index in [9.17, 15) is 9.59 Å². The fraction of sp³-hybridized carbons (Fsp3) is 0.462. The van der Waals surface area contributed by atoms with Gasteiger partial charge in [-0.1, -0.05) is 48.1 Å². The summed E-state index contributed by atoms with van der Waals surface area (Å²) in [7, 11) is 0. The van der Waals surface area contributed by atoms with E-state index in [2.05, 4.69) is 28.4 Å². The first kappa shape index (κ1) is 29.4. The number of nitrogens with one attached hydrogen (secondary N) is 2. The van der Waals surface area contributed by atoms with Crippen LogP contribution in [0.4, 0.5) is 9.59 Å². The van der Waals surface area contributed by atoms with E-state index >= 15 is 0 Å². The molecule has 2 amide bonds. The molecular weight excluding hydrogens is 452 g/mol. The molecule has 0 saturated heterocycles. The third-order valence-corrected chi connectivity index (χ3v) is 4.34. The van der Waals surface area contributed by atoms with Gasteiger partial charge >= 0.3 is 12.2 Å². The molecule has 1 aromatic carbocycles. The van der Waals surface area contributed by atoms with Gasteiger partial charge in [-0.25, -0.2) is 9.59 Å². The Hall–Kier alpha value is -3.68. The second kappa shape index (κ2) is 18.7. The van der Waals surface area contributed by atoms with Crippen LogP contribution in [0.25, 0.3) is 0 Å². The average molecular weight is 485 g/mol. The molecule has 1 aromatic rings. The lowest BCUT2D eigenvalue weighted by atomic mass is 10.0. The van der Waals surface area contributed by atoms with Gasteiger partial charge in [0.15, 0.2) is 0 Å². The van der Waals surface area contributed by atoms with Gasteiger partial charge in [0.1, 0.15) is 32.0 Å². The Morgan fingerprint density at radius 2 is 1.37 bits per heavy atom. The van der Waals surface area contributed by atoms with Gasteiger partial charge in [0.2, 0.25) is 0 Å². The van der Waals surface area contributed by atoms with Crippen molar-refractivity contribution in [1.29, 1.82) is 0 Å². The highest BCUT2D eigenvalue weighted by molar-refractivity contribution is 5.68. The van der Waals surface area contributed by atoms with E-state index in [0.717, 1.165) is 5.56 Å². The highest BCUT2D eigenvalue weighted by Crippen LogP contribution is 2.10. The van der Waals surface area contributed by atoms with Crippen molar-refractivity contribution in [3.8, 4) is 37.0 Å². The summed E-state index contributed by atoms with van der Waals surface area (Å²) in [6.07, 6.45) is 15.6. The monoisotopic (exact) mass is 484 g/mol. The molecule has 0 unspecified atom stereocenters. The van der Waals surface area contributed by atoms with Gasteiger partial charge in [0.05, 0.1) is 26.4 Å². The normalized spacial score (nSPS) is 10.3. The maximum absolute atomic E-state index is 12.4. The molecule has 188 valence electrons. The van der Waals surface area contributed by atoms with Gasteiger partial charge in [0.25, 0.3) is 0 Å². The molecule has 0 radical (unpaired) electrons. The van der Waals surface area contributed by atoms with Crippen LogP contribution in [0.1, 0.15) is 18.4 Å². The lowest BCUT2D eigenvalue weighted by Crippen LogP contribution is -2.58. The smallest absolute Gasteiger partial charge is 0.407 e. The fourth-order valence-corrected chi connectivity index (χ4v) is 2.76. The summed E-state index contributed by atoms with van der Waals surface area (Å²) in [6.45, 7) is 0.783. The number of carbonyl (C=O) groups excluding carboxylic acids is 2. The van der Waals surface area contributed by atoms with Gasteiger partial charge in [-0.3, -0.25) is 0 Å². The molecule has 0 atom stereocenters. The number of benzene rings is 1. The Bertz CT molecular complexity index is 818. The van der Waals surface area contributed by atoms with E-state index in [1.165, 1.54) is 0 Å². The van der Waals surface area contributed by atoms with Gasteiger partial charge in [-0.05, 0) is 18.4 Å². The second-order valence-corrected chi connectivity index (χ2v) is 7.33. The molecule has 9 nitrogen and oxygen atoms in total. The fourth-order valence-electron chi connectivity index (χ4n) is 2.76. The van der Waals surface area contributed by atoms with Crippen molar-refractivity contribution in [2.24, 2.45) is 0 Å².